The fraction of sp³-hybridized carbons (Fsp3) is 0.0526. The van der Waals surface area contributed by atoms with Gasteiger partial charge in [-0.25, -0.2) is 9.97 Å². The van der Waals surface area contributed by atoms with Crippen molar-refractivity contribution in [2.45, 2.75) is 6.42 Å². The highest BCUT2D eigenvalue weighted by Crippen LogP contribution is 2.32. The van der Waals surface area contributed by atoms with Gasteiger partial charge in [-0.1, -0.05) is 12.1 Å². The van der Waals surface area contributed by atoms with Crippen molar-refractivity contribution in [3.63, 3.8) is 0 Å². The van der Waals surface area contributed by atoms with Crippen LogP contribution in [0.4, 0.5) is 0 Å². The van der Waals surface area contributed by atoms with Gasteiger partial charge >= 0.3 is 0 Å². The number of aromatic nitrogens is 3. The molecule has 5 rings (SSSR count). The Morgan fingerprint density at radius 1 is 1.12 bits per heavy atom. The molecule has 2 aliphatic rings. The summed E-state index contributed by atoms with van der Waals surface area (Å²) >= 11 is 0. The first-order valence-corrected chi connectivity index (χ1v) is 7.71. The third-order valence-corrected chi connectivity index (χ3v) is 4.24. The number of pyridine rings is 1. The minimum atomic E-state index is 0.768. The first-order chi connectivity index (χ1) is 11.9. The van der Waals surface area contributed by atoms with Crippen LogP contribution in [-0.4, -0.2) is 14.5 Å². The van der Waals surface area contributed by atoms with E-state index in [2.05, 4.69) is 23.2 Å². The molecule has 0 saturated heterocycles. The van der Waals surface area contributed by atoms with Gasteiger partial charge in [0.1, 0.15) is 6.26 Å². The zero-order valence-corrected chi connectivity index (χ0v) is 12.7. The van der Waals surface area contributed by atoms with Crippen molar-refractivity contribution >= 4 is 16.5 Å². The highest BCUT2D eigenvalue weighted by atomic mass is 17.2. The number of allylic oxidation sites excluding steroid dienone is 4. The standard InChI is InChI=1S/C19H13N3O2/c1-2-15-11-23-24-19(15)10-14(1)17-5-3-13-9-16(4-6-18(13)21-17)22-8-7-20-12-22/h1,3-12H,2H2. The number of rotatable bonds is 2. The van der Waals surface area contributed by atoms with Crippen LogP contribution in [0.2, 0.25) is 0 Å². The molecule has 5 nitrogen and oxygen atoms in total. The van der Waals surface area contributed by atoms with E-state index < -0.39 is 0 Å². The van der Waals surface area contributed by atoms with Crippen LogP contribution in [0, 0.1) is 0 Å². The molecular weight excluding hydrogens is 302 g/mol. The molecule has 0 atom stereocenters. The van der Waals surface area contributed by atoms with E-state index in [1.54, 1.807) is 18.8 Å². The average Bonchev–Trinajstić information content (AvgIpc) is 3.31. The summed E-state index contributed by atoms with van der Waals surface area (Å²) < 4.78 is 1.98. The Morgan fingerprint density at radius 3 is 3.04 bits per heavy atom. The van der Waals surface area contributed by atoms with Gasteiger partial charge in [0.25, 0.3) is 0 Å². The van der Waals surface area contributed by atoms with E-state index in [0.717, 1.165) is 45.6 Å². The lowest BCUT2D eigenvalue weighted by Crippen LogP contribution is -1.97. The van der Waals surface area contributed by atoms with Crippen molar-refractivity contribution < 1.29 is 9.78 Å². The van der Waals surface area contributed by atoms with Crippen LogP contribution in [0.1, 0.15) is 12.1 Å². The summed E-state index contributed by atoms with van der Waals surface area (Å²) in [6.07, 6.45) is 12.0. The molecule has 3 heterocycles. The van der Waals surface area contributed by atoms with Gasteiger partial charge < -0.3 is 4.57 Å². The molecule has 0 radical (unpaired) electrons. The molecule has 0 bridgehead atoms. The summed E-state index contributed by atoms with van der Waals surface area (Å²) in [4.78, 5) is 18.9. The summed E-state index contributed by atoms with van der Waals surface area (Å²) in [5.74, 6) is 0.768. The first kappa shape index (κ1) is 13.1. The Bertz CT molecular complexity index is 1030. The quantitative estimate of drug-likeness (QED) is 0.672. The molecule has 5 heteroatoms. The first-order valence-electron chi connectivity index (χ1n) is 7.71. The average molecular weight is 315 g/mol. The third kappa shape index (κ3) is 2.10. The Balaban J connectivity index is 1.54. The molecule has 3 aromatic rings. The monoisotopic (exact) mass is 315 g/mol. The lowest BCUT2D eigenvalue weighted by molar-refractivity contribution is -0.191. The molecule has 1 aliphatic heterocycles. The molecule has 0 unspecified atom stereocenters. The van der Waals surface area contributed by atoms with Crippen LogP contribution in [0.5, 0.6) is 0 Å². The van der Waals surface area contributed by atoms with Gasteiger partial charge in [0.2, 0.25) is 0 Å². The zero-order chi connectivity index (χ0) is 15.9. The molecule has 0 fully saturated rings. The van der Waals surface area contributed by atoms with E-state index in [1.807, 2.05) is 35.0 Å². The molecule has 0 saturated carbocycles. The van der Waals surface area contributed by atoms with Crippen LogP contribution < -0.4 is 0 Å². The molecule has 1 aromatic carbocycles. The van der Waals surface area contributed by atoms with Gasteiger partial charge in [0.15, 0.2) is 5.76 Å². The molecule has 116 valence electrons. The van der Waals surface area contributed by atoms with Crippen LogP contribution in [0.25, 0.3) is 22.2 Å². The van der Waals surface area contributed by atoms with Crippen molar-refractivity contribution in [3.05, 3.63) is 84.5 Å². The van der Waals surface area contributed by atoms with E-state index in [4.69, 9.17) is 14.8 Å². The van der Waals surface area contributed by atoms with Gasteiger partial charge in [-0.3, -0.25) is 9.78 Å². The van der Waals surface area contributed by atoms with E-state index in [9.17, 15) is 0 Å². The maximum atomic E-state index is 5.14. The SMILES string of the molecule is C1=C2CC=C(c3ccc4cc(-n5ccnc5)ccc4n3)C=C2OO1. The second-order valence-corrected chi connectivity index (χ2v) is 5.74. The Morgan fingerprint density at radius 2 is 2.12 bits per heavy atom. The van der Waals surface area contributed by atoms with Gasteiger partial charge in [0.05, 0.1) is 17.5 Å². The molecular formula is C19H13N3O2. The van der Waals surface area contributed by atoms with Gasteiger partial charge in [0, 0.05) is 34.6 Å². The van der Waals surface area contributed by atoms with Gasteiger partial charge in [-0.15, -0.1) is 0 Å². The Labute approximate surface area is 138 Å². The summed E-state index contributed by atoms with van der Waals surface area (Å²) in [7, 11) is 0. The smallest absolute Gasteiger partial charge is 0.186 e. The predicted molar refractivity (Wildman–Crippen MR) is 89.8 cm³/mol. The maximum absolute atomic E-state index is 5.14. The highest BCUT2D eigenvalue weighted by molar-refractivity contribution is 5.85. The number of nitrogens with zero attached hydrogens (tertiary/aromatic N) is 3. The van der Waals surface area contributed by atoms with E-state index in [1.165, 1.54) is 0 Å². The number of imidazole rings is 1. The van der Waals surface area contributed by atoms with Crippen LogP contribution >= 0.6 is 0 Å². The van der Waals surface area contributed by atoms with Crippen LogP contribution in [0.15, 0.2) is 78.8 Å². The molecule has 0 spiro atoms. The van der Waals surface area contributed by atoms with Crippen molar-refractivity contribution in [2.24, 2.45) is 0 Å². The van der Waals surface area contributed by atoms with Crippen molar-refractivity contribution in [2.75, 3.05) is 0 Å². The highest BCUT2D eigenvalue weighted by Gasteiger charge is 2.20. The van der Waals surface area contributed by atoms with Crippen LogP contribution in [-0.2, 0) is 9.78 Å². The Kier molecular flexibility index (Phi) is 2.79. The van der Waals surface area contributed by atoms with E-state index >= 15 is 0 Å². The Hall–Kier alpha value is -3.34. The van der Waals surface area contributed by atoms with Crippen molar-refractivity contribution in [1.29, 1.82) is 0 Å². The summed E-state index contributed by atoms with van der Waals surface area (Å²) in [6.45, 7) is 0. The topological polar surface area (TPSA) is 49.2 Å². The number of hydrogen-bond acceptors (Lipinski definition) is 4. The normalized spacial score (nSPS) is 15.9. The zero-order valence-electron chi connectivity index (χ0n) is 12.7. The molecule has 24 heavy (non-hydrogen) atoms. The van der Waals surface area contributed by atoms with E-state index in [0.29, 0.717) is 0 Å². The molecule has 0 amide bonds. The van der Waals surface area contributed by atoms with Gasteiger partial charge in [-0.05, 0) is 36.8 Å². The molecule has 1 aliphatic carbocycles. The second-order valence-electron chi connectivity index (χ2n) is 5.74. The number of hydrogen-bond donors (Lipinski definition) is 0. The largest absolute Gasteiger partial charge is 0.306 e. The van der Waals surface area contributed by atoms with Crippen molar-refractivity contribution in [3.8, 4) is 5.69 Å². The minimum absolute atomic E-state index is 0.768. The lowest BCUT2D eigenvalue weighted by Gasteiger charge is -2.11. The number of benzene rings is 1. The predicted octanol–water partition coefficient (Wildman–Crippen LogP) is 3.94. The van der Waals surface area contributed by atoms with Crippen LogP contribution in [0.3, 0.4) is 0 Å². The minimum Gasteiger partial charge on any atom is -0.306 e. The molecule has 0 N–H and O–H groups in total. The third-order valence-electron chi connectivity index (χ3n) is 4.24. The van der Waals surface area contributed by atoms with Crippen molar-refractivity contribution in [1.82, 2.24) is 14.5 Å². The fourth-order valence-electron chi connectivity index (χ4n) is 2.96. The lowest BCUT2D eigenvalue weighted by atomic mass is 9.99. The number of fused-ring (bicyclic) bond motifs is 2. The fourth-order valence-corrected chi connectivity index (χ4v) is 2.96. The van der Waals surface area contributed by atoms with Gasteiger partial charge in [-0.2, -0.15) is 0 Å². The summed E-state index contributed by atoms with van der Waals surface area (Å²) in [5.41, 5.74) is 5.07. The second kappa shape index (κ2) is 5.09. The molecule has 2 aromatic heterocycles. The summed E-state index contributed by atoms with van der Waals surface area (Å²) in [6, 6.07) is 10.3. The van der Waals surface area contributed by atoms with E-state index in [-0.39, 0.29) is 0 Å². The summed E-state index contributed by atoms with van der Waals surface area (Å²) in [5, 5.41) is 1.09. The maximum Gasteiger partial charge on any atom is 0.186 e.